The van der Waals surface area contributed by atoms with E-state index in [0.29, 0.717) is 28.0 Å². The van der Waals surface area contributed by atoms with Crippen molar-refractivity contribution in [3.63, 3.8) is 0 Å². The van der Waals surface area contributed by atoms with Crippen LogP contribution < -0.4 is 19.5 Å². The second-order valence-corrected chi connectivity index (χ2v) is 5.98. The number of carbonyl (C=O) groups excluding carboxylic acids is 1. The van der Waals surface area contributed by atoms with E-state index in [1.165, 1.54) is 11.3 Å². The lowest BCUT2D eigenvalue weighted by Crippen LogP contribution is -2.30. The normalized spacial score (nSPS) is 10.5. The summed E-state index contributed by atoms with van der Waals surface area (Å²) in [7, 11) is 3.14. The molecule has 0 unspecified atom stereocenters. The topological polar surface area (TPSA) is 69.7 Å². The average molecular weight is 336 g/mol. The average Bonchev–Trinajstić information content (AvgIpc) is 3.00. The SMILES string of the molecule is COc1cccc(OC)c1OCc1nc(C(=O)NC(C)C)cs1. The molecule has 0 aliphatic heterocycles. The summed E-state index contributed by atoms with van der Waals surface area (Å²) in [6.07, 6.45) is 0. The van der Waals surface area contributed by atoms with E-state index in [1.54, 1.807) is 31.7 Å². The third-order valence-corrected chi connectivity index (χ3v) is 3.75. The standard InChI is InChI=1S/C16H20N2O4S/c1-10(2)17-16(19)11-9-23-14(18-11)8-22-15-12(20-3)6-5-7-13(15)21-4/h5-7,9-10H,8H2,1-4H3,(H,17,19). The zero-order valence-corrected chi connectivity index (χ0v) is 14.4. The minimum atomic E-state index is -0.183. The van der Waals surface area contributed by atoms with Gasteiger partial charge in [0, 0.05) is 11.4 Å². The highest BCUT2D eigenvalue weighted by Gasteiger charge is 2.14. The first-order chi connectivity index (χ1) is 11.0. The number of rotatable bonds is 7. The molecule has 0 atom stereocenters. The van der Waals surface area contributed by atoms with Gasteiger partial charge in [-0.2, -0.15) is 0 Å². The largest absolute Gasteiger partial charge is 0.493 e. The molecule has 7 heteroatoms. The Morgan fingerprint density at radius 3 is 2.48 bits per heavy atom. The van der Waals surface area contributed by atoms with Gasteiger partial charge in [0.25, 0.3) is 5.91 Å². The molecule has 6 nitrogen and oxygen atoms in total. The van der Waals surface area contributed by atoms with Gasteiger partial charge < -0.3 is 19.5 Å². The smallest absolute Gasteiger partial charge is 0.270 e. The van der Waals surface area contributed by atoms with Crippen molar-refractivity contribution in [2.75, 3.05) is 14.2 Å². The van der Waals surface area contributed by atoms with E-state index in [1.807, 2.05) is 19.9 Å². The molecule has 0 fully saturated rings. The number of carbonyl (C=O) groups is 1. The van der Waals surface area contributed by atoms with Crippen molar-refractivity contribution in [3.8, 4) is 17.2 Å². The van der Waals surface area contributed by atoms with Crippen LogP contribution in [0.1, 0.15) is 29.3 Å². The Morgan fingerprint density at radius 1 is 1.26 bits per heavy atom. The molecule has 0 aliphatic carbocycles. The molecule has 1 heterocycles. The molecule has 2 aromatic rings. The van der Waals surface area contributed by atoms with Crippen LogP contribution in [0.2, 0.25) is 0 Å². The third kappa shape index (κ3) is 4.35. The Labute approximate surface area is 139 Å². The van der Waals surface area contributed by atoms with Gasteiger partial charge in [0.1, 0.15) is 17.3 Å². The summed E-state index contributed by atoms with van der Waals surface area (Å²) in [5, 5.41) is 5.23. The van der Waals surface area contributed by atoms with Gasteiger partial charge in [-0.3, -0.25) is 4.79 Å². The van der Waals surface area contributed by atoms with Gasteiger partial charge in [0.05, 0.1) is 14.2 Å². The maximum atomic E-state index is 11.9. The number of benzene rings is 1. The first kappa shape index (κ1) is 17.1. The van der Waals surface area contributed by atoms with Crippen LogP contribution in [-0.4, -0.2) is 31.2 Å². The van der Waals surface area contributed by atoms with E-state index < -0.39 is 0 Å². The maximum Gasteiger partial charge on any atom is 0.270 e. The Hall–Kier alpha value is -2.28. The number of amides is 1. The summed E-state index contributed by atoms with van der Waals surface area (Å²) >= 11 is 1.37. The summed E-state index contributed by atoms with van der Waals surface area (Å²) in [4.78, 5) is 16.2. The molecule has 2 rings (SSSR count). The van der Waals surface area contributed by atoms with Crippen molar-refractivity contribution in [2.45, 2.75) is 26.5 Å². The first-order valence-electron chi connectivity index (χ1n) is 7.14. The van der Waals surface area contributed by atoms with Gasteiger partial charge in [-0.1, -0.05) is 6.07 Å². The van der Waals surface area contributed by atoms with E-state index in [9.17, 15) is 4.79 Å². The Bertz CT molecular complexity index is 648. The number of thiazole rings is 1. The number of methoxy groups -OCH3 is 2. The molecular formula is C16H20N2O4S. The Kier molecular flexibility index (Phi) is 5.81. The van der Waals surface area contributed by atoms with E-state index >= 15 is 0 Å². The van der Waals surface area contributed by atoms with E-state index in [-0.39, 0.29) is 18.6 Å². The number of ether oxygens (including phenoxy) is 3. The van der Waals surface area contributed by atoms with Crippen molar-refractivity contribution in [1.82, 2.24) is 10.3 Å². The number of hydrogen-bond acceptors (Lipinski definition) is 6. The number of hydrogen-bond donors (Lipinski definition) is 1. The summed E-state index contributed by atoms with van der Waals surface area (Å²) < 4.78 is 16.3. The van der Waals surface area contributed by atoms with Crippen LogP contribution in [0.25, 0.3) is 0 Å². The van der Waals surface area contributed by atoms with Crippen LogP contribution in [0, 0.1) is 0 Å². The molecule has 0 aliphatic rings. The molecule has 124 valence electrons. The third-order valence-electron chi connectivity index (χ3n) is 2.93. The lowest BCUT2D eigenvalue weighted by atomic mass is 10.3. The maximum absolute atomic E-state index is 11.9. The molecular weight excluding hydrogens is 316 g/mol. The van der Waals surface area contributed by atoms with Crippen LogP contribution in [0.15, 0.2) is 23.6 Å². The monoisotopic (exact) mass is 336 g/mol. The van der Waals surface area contributed by atoms with Gasteiger partial charge in [0.15, 0.2) is 11.5 Å². The molecule has 23 heavy (non-hydrogen) atoms. The Morgan fingerprint density at radius 2 is 1.91 bits per heavy atom. The molecule has 0 saturated heterocycles. The predicted molar refractivity (Wildman–Crippen MR) is 88.6 cm³/mol. The molecule has 1 aromatic heterocycles. The van der Waals surface area contributed by atoms with Crippen molar-refractivity contribution in [2.24, 2.45) is 0 Å². The number of para-hydroxylation sites is 1. The molecule has 1 aromatic carbocycles. The second kappa shape index (κ2) is 7.82. The van der Waals surface area contributed by atoms with Crippen LogP contribution in [0.4, 0.5) is 0 Å². The van der Waals surface area contributed by atoms with E-state index in [0.717, 1.165) is 0 Å². The van der Waals surface area contributed by atoms with Gasteiger partial charge in [-0.05, 0) is 26.0 Å². The lowest BCUT2D eigenvalue weighted by Gasteiger charge is -2.13. The van der Waals surface area contributed by atoms with E-state index in [2.05, 4.69) is 10.3 Å². The molecule has 1 N–H and O–H groups in total. The number of nitrogens with zero attached hydrogens (tertiary/aromatic N) is 1. The van der Waals surface area contributed by atoms with Crippen molar-refractivity contribution in [1.29, 1.82) is 0 Å². The fourth-order valence-electron chi connectivity index (χ4n) is 1.91. The molecule has 1 amide bonds. The predicted octanol–water partition coefficient (Wildman–Crippen LogP) is 2.88. The zero-order valence-electron chi connectivity index (χ0n) is 13.6. The summed E-state index contributed by atoms with van der Waals surface area (Å²) in [6.45, 7) is 4.04. The van der Waals surface area contributed by atoms with Crippen molar-refractivity contribution >= 4 is 17.2 Å². The highest BCUT2D eigenvalue weighted by atomic mass is 32.1. The van der Waals surface area contributed by atoms with Crippen LogP contribution in [0.3, 0.4) is 0 Å². The van der Waals surface area contributed by atoms with Crippen LogP contribution in [-0.2, 0) is 6.61 Å². The number of aromatic nitrogens is 1. The van der Waals surface area contributed by atoms with Crippen molar-refractivity contribution in [3.05, 3.63) is 34.3 Å². The first-order valence-corrected chi connectivity index (χ1v) is 8.02. The fourth-order valence-corrected chi connectivity index (χ4v) is 2.60. The van der Waals surface area contributed by atoms with Crippen molar-refractivity contribution < 1.29 is 19.0 Å². The molecule has 0 saturated carbocycles. The molecule has 0 radical (unpaired) electrons. The van der Waals surface area contributed by atoms with Crippen LogP contribution in [0.5, 0.6) is 17.2 Å². The quantitative estimate of drug-likeness (QED) is 0.842. The highest BCUT2D eigenvalue weighted by molar-refractivity contribution is 7.09. The number of nitrogens with one attached hydrogen (secondary N) is 1. The summed E-state index contributed by atoms with van der Waals surface area (Å²) in [5.74, 6) is 1.50. The molecule has 0 bridgehead atoms. The molecule has 0 spiro atoms. The second-order valence-electron chi connectivity index (χ2n) is 5.03. The summed E-state index contributed by atoms with van der Waals surface area (Å²) in [5.41, 5.74) is 0.397. The van der Waals surface area contributed by atoms with Crippen LogP contribution >= 0.6 is 11.3 Å². The van der Waals surface area contributed by atoms with Gasteiger partial charge in [-0.25, -0.2) is 4.98 Å². The highest BCUT2D eigenvalue weighted by Crippen LogP contribution is 2.37. The minimum absolute atomic E-state index is 0.0711. The summed E-state index contributed by atoms with van der Waals surface area (Å²) in [6, 6.07) is 5.48. The van der Waals surface area contributed by atoms with E-state index in [4.69, 9.17) is 14.2 Å². The zero-order chi connectivity index (χ0) is 16.8. The Balaban J connectivity index is 2.07. The lowest BCUT2D eigenvalue weighted by molar-refractivity contribution is 0.0938. The van der Waals surface area contributed by atoms with Gasteiger partial charge >= 0.3 is 0 Å². The minimum Gasteiger partial charge on any atom is -0.493 e. The fraction of sp³-hybridized carbons (Fsp3) is 0.375. The van der Waals surface area contributed by atoms with Gasteiger partial charge in [0.2, 0.25) is 5.75 Å². The van der Waals surface area contributed by atoms with Gasteiger partial charge in [-0.15, -0.1) is 11.3 Å².